The van der Waals surface area contributed by atoms with E-state index in [-0.39, 0.29) is 5.82 Å². The smallest absolute Gasteiger partial charge is 0.133 e. The number of halogens is 1. The van der Waals surface area contributed by atoms with Gasteiger partial charge in [-0.1, -0.05) is 18.2 Å². The SMILES string of the molecule is COc1ccccc1CCNCc1cc2ccc(F)cc2nc1N(C)C. The Kier molecular flexibility index (Phi) is 5.68. The van der Waals surface area contributed by atoms with Gasteiger partial charge in [0.1, 0.15) is 17.4 Å². The lowest BCUT2D eigenvalue weighted by molar-refractivity contribution is 0.409. The van der Waals surface area contributed by atoms with Crippen LogP contribution in [-0.4, -0.2) is 32.7 Å². The molecule has 0 aliphatic carbocycles. The molecule has 5 heteroatoms. The van der Waals surface area contributed by atoms with Crippen LogP contribution in [0.2, 0.25) is 0 Å². The van der Waals surface area contributed by atoms with E-state index in [0.717, 1.165) is 35.5 Å². The minimum atomic E-state index is -0.266. The van der Waals surface area contributed by atoms with E-state index in [1.54, 1.807) is 13.2 Å². The Labute approximate surface area is 153 Å². The third-order valence-corrected chi connectivity index (χ3v) is 4.34. The maximum absolute atomic E-state index is 13.5. The van der Waals surface area contributed by atoms with Gasteiger partial charge in [0.25, 0.3) is 0 Å². The van der Waals surface area contributed by atoms with Gasteiger partial charge in [0.2, 0.25) is 0 Å². The average Bonchev–Trinajstić information content (AvgIpc) is 2.64. The second kappa shape index (κ2) is 8.15. The lowest BCUT2D eigenvalue weighted by Gasteiger charge is -2.18. The lowest BCUT2D eigenvalue weighted by Crippen LogP contribution is -2.20. The number of hydrogen-bond acceptors (Lipinski definition) is 4. The summed E-state index contributed by atoms with van der Waals surface area (Å²) in [6, 6.07) is 14.9. The van der Waals surface area contributed by atoms with Crippen molar-refractivity contribution in [1.82, 2.24) is 10.3 Å². The zero-order chi connectivity index (χ0) is 18.5. The lowest BCUT2D eigenvalue weighted by atomic mass is 10.1. The maximum atomic E-state index is 13.5. The Hall–Kier alpha value is -2.66. The van der Waals surface area contributed by atoms with Crippen LogP contribution in [0.5, 0.6) is 5.75 Å². The van der Waals surface area contributed by atoms with Crippen LogP contribution in [0.15, 0.2) is 48.5 Å². The van der Waals surface area contributed by atoms with E-state index in [1.165, 1.54) is 17.7 Å². The number of rotatable bonds is 7. The number of fused-ring (bicyclic) bond motifs is 1. The first-order chi connectivity index (χ1) is 12.6. The number of aromatic nitrogens is 1. The number of nitrogens with one attached hydrogen (secondary N) is 1. The van der Waals surface area contributed by atoms with Gasteiger partial charge in [-0.25, -0.2) is 9.37 Å². The zero-order valence-electron chi connectivity index (χ0n) is 15.4. The van der Waals surface area contributed by atoms with Crippen LogP contribution in [0.3, 0.4) is 0 Å². The molecule has 1 aromatic heterocycles. The summed E-state index contributed by atoms with van der Waals surface area (Å²) >= 11 is 0. The Morgan fingerprint density at radius 2 is 1.88 bits per heavy atom. The predicted octanol–water partition coefficient (Wildman–Crippen LogP) is 3.78. The molecule has 0 saturated heterocycles. The summed E-state index contributed by atoms with van der Waals surface area (Å²) in [5.41, 5.74) is 2.95. The van der Waals surface area contributed by atoms with Crippen LogP contribution in [0.25, 0.3) is 10.9 Å². The third-order valence-electron chi connectivity index (χ3n) is 4.34. The summed E-state index contributed by atoms with van der Waals surface area (Å²) in [5, 5.41) is 4.42. The highest BCUT2D eigenvalue weighted by atomic mass is 19.1. The second-order valence-electron chi connectivity index (χ2n) is 6.44. The van der Waals surface area contributed by atoms with Gasteiger partial charge < -0.3 is 15.0 Å². The van der Waals surface area contributed by atoms with Crippen LogP contribution in [-0.2, 0) is 13.0 Å². The van der Waals surface area contributed by atoms with Crippen molar-refractivity contribution >= 4 is 16.7 Å². The first kappa shape index (κ1) is 18.1. The Bertz CT molecular complexity index is 896. The Morgan fingerprint density at radius 1 is 1.08 bits per heavy atom. The molecule has 0 saturated carbocycles. The predicted molar refractivity (Wildman–Crippen MR) is 104 cm³/mol. The first-order valence-electron chi connectivity index (χ1n) is 8.67. The number of ether oxygens (including phenoxy) is 1. The molecule has 4 nitrogen and oxygen atoms in total. The van der Waals surface area contributed by atoms with Gasteiger partial charge in [-0.3, -0.25) is 0 Å². The van der Waals surface area contributed by atoms with Gasteiger partial charge in [0, 0.05) is 37.7 Å². The van der Waals surface area contributed by atoms with Crippen molar-refractivity contribution in [3.63, 3.8) is 0 Å². The molecule has 26 heavy (non-hydrogen) atoms. The summed E-state index contributed by atoms with van der Waals surface area (Å²) in [6.07, 6.45) is 0.882. The normalized spacial score (nSPS) is 10.9. The topological polar surface area (TPSA) is 37.4 Å². The molecule has 0 amide bonds. The van der Waals surface area contributed by atoms with Crippen molar-refractivity contribution in [3.05, 3.63) is 65.5 Å². The van der Waals surface area contributed by atoms with Crippen molar-refractivity contribution < 1.29 is 9.13 Å². The van der Waals surface area contributed by atoms with E-state index in [0.29, 0.717) is 12.1 Å². The standard InChI is InChI=1S/C21H24FN3O/c1-25(2)21-17(12-16-8-9-18(22)13-19(16)24-21)14-23-11-10-15-6-4-5-7-20(15)26-3/h4-9,12-13,23H,10-11,14H2,1-3H3. The van der Waals surface area contributed by atoms with Crippen LogP contribution in [0.4, 0.5) is 10.2 Å². The van der Waals surface area contributed by atoms with Gasteiger partial charge in [0.15, 0.2) is 0 Å². The molecule has 136 valence electrons. The molecule has 0 unspecified atom stereocenters. The monoisotopic (exact) mass is 353 g/mol. The highest BCUT2D eigenvalue weighted by Crippen LogP contribution is 2.23. The number of hydrogen-bond donors (Lipinski definition) is 1. The number of anilines is 1. The second-order valence-corrected chi connectivity index (χ2v) is 6.44. The third kappa shape index (κ3) is 4.11. The molecule has 0 atom stereocenters. The number of pyridine rings is 1. The van der Waals surface area contributed by atoms with Gasteiger partial charge in [-0.05, 0) is 42.8 Å². The summed E-state index contributed by atoms with van der Waals surface area (Å²) in [5.74, 6) is 1.50. The van der Waals surface area contributed by atoms with E-state index in [1.807, 2.05) is 37.2 Å². The van der Waals surface area contributed by atoms with Crippen molar-refractivity contribution in [2.45, 2.75) is 13.0 Å². The van der Waals surface area contributed by atoms with Gasteiger partial charge in [-0.15, -0.1) is 0 Å². The molecule has 0 aliphatic rings. The molecule has 1 heterocycles. The number of nitrogens with zero attached hydrogens (tertiary/aromatic N) is 2. The number of para-hydroxylation sites is 1. The highest BCUT2D eigenvalue weighted by molar-refractivity contribution is 5.81. The van der Waals surface area contributed by atoms with Crippen molar-refractivity contribution in [1.29, 1.82) is 0 Å². The molecule has 2 aromatic carbocycles. The minimum absolute atomic E-state index is 0.266. The quantitative estimate of drug-likeness (QED) is 0.656. The Balaban J connectivity index is 1.71. The minimum Gasteiger partial charge on any atom is -0.496 e. The van der Waals surface area contributed by atoms with Crippen LogP contribution >= 0.6 is 0 Å². The molecule has 0 aliphatic heterocycles. The highest BCUT2D eigenvalue weighted by Gasteiger charge is 2.10. The van der Waals surface area contributed by atoms with E-state index >= 15 is 0 Å². The molecule has 3 rings (SSSR count). The van der Waals surface area contributed by atoms with Crippen LogP contribution < -0.4 is 15.0 Å². The molecule has 0 fully saturated rings. The fourth-order valence-electron chi connectivity index (χ4n) is 3.05. The molecule has 0 radical (unpaired) electrons. The molecular formula is C21H24FN3O. The fraction of sp³-hybridized carbons (Fsp3) is 0.286. The van der Waals surface area contributed by atoms with E-state index in [9.17, 15) is 4.39 Å². The zero-order valence-corrected chi connectivity index (χ0v) is 15.4. The fourth-order valence-corrected chi connectivity index (χ4v) is 3.05. The Morgan fingerprint density at radius 3 is 2.65 bits per heavy atom. The van der Waals surface area contributed by atoms with E-state index in [4.69, 9.17) is 4.74 Å². The average molecular weight is 353 g/mol. The molecule has 0 spiro atoms. The number of methoxy groups -OCH3 is 1. The molecule has 3 aromatic rings. The van der Waals surface area contributed by atoms with Crippen molar-refractivity contribution in [3.8, 4) is 5.75 Å². The molecular weight excluding hydrogens is 329 g/mol. The van der Waals surface area contributed by atoms with E-state index < -0.39 is 0 Å². The van der Waals surface area contributed by atoms with Crippen LogP contribution in [0.1, 0.15) is 11.1 Å². The summed E-state index contributed by atoms with van der Waals surface area (Å²) < 4.78 is 18.9. The first-order valence-corrected chi connectivity index (χ1v) is 8.67. The summed E-state index contributed by atoms with van der Waals surface area (Å²) in [6.45, 7) is 1.53. The molecule has 0 bridgehead atoms. The van der Waals surface area contributed by atoms with Crippen molar-refractivity contribution in [2.24, 2.45) is 0 Å². The summed E-state index contributed by atoms with van der Waals surface area (Å²) in [4.78, 5) is 6.59. The van der Waals surface area contributed by atoms with Gasteiger partial charge in [0.05, 0.1) is 12.6 Å². The van der Waals surface area contributed by atoms with Crippen LogP contribution in [0, 0.1) is 5.82 Å². The largest absolute Gasteiger partial charge is 0.496 e. The van der Waals surface area contributed by atoms with Crippen molar-refractivity contribution in [2.75, 3.05) is 32.6 Å². The molecule has 1 N–H and O–H groups in total. The summed E-state index contributed by atoms with van der Waals surface area (Å²) in [7, 11) is 5.59. The number of benzene rings is 2. The van der Waals surface area contributed by atoms with Gasteiger partial charge in [-0.2, -0.15) is 0 Å². The van der Waals surface area contributed by atoms with E-state index in [2.05, 4.69) is 22.4 Å². The van der Waals surface area contributed by atoms with Gasteiger partial charge >= 0.3 is 0 Å². The maximum Gasteiger partial charge on any atom is 0.133 e.